The Hall–Kier alpha value is -2.38. The summed E-state index contributed by atoms with van der Waals surface area (Å²) in [7, 11) is -2.06. The summed E-state index contributed by atoms with van der Waals surface area (Å²) in [6.07, 6.45) is 5.76. The Balaban J connectivity index is 1.78. The minimum absolute atomic E-state index is 0.112. The van der Waals surface area contributed by atoms with Crippen LogP contribution < -0.4 is 10.1 Å². The third kappa shape index (κ3) is 3.96. The van der Waals surface area contributed by atoms with E-state index in [4.69, 9.17) is 4.74 Å². The number of carbonyl (C=O) groups is 1. The number of hydrogen-bond acceptors (Lipinski definition) is 4. The largest absolute Gasteiger partial charge is 0.494 e. The molecule has 1 saturated carbocycles. The molecule has 1 aliphatic carbocycles. The van der Waals surface area contributed by atoms with Gasteiger partial charge in [-0.15, -0.1) is 0 Å². The summed E-state index contributed by atoms with van der Waals surface area (Å²) < 4.78 is 34.1. The van der Waals surface area contributed by atoms with Gasteiger partial charge in [0.2, 0.25) is 10.0 Å². The highest BCUT2D eigenvalue weighted by molar-refractivity contribution is 7.89. The molecule has 1 amide bonds. The molecule has 0 radical (unpaired) electrons. The Morgan fingerprint density at radius 2 is 1.67 bits per heavy atom. The van der Waals surface area contributed by atoms with Crippen LogP contribution in [0, 0.1) is 0 Å². The van der Waals surface area contributed by atoms with Crippen molar-refractivity contribution in [2.24, 2.45) is 0 Å². The van der Waals surface area contributed by atoms with E-state index in [0.29, 0.717) is 40.5 Å². The van der Waals surface area contributed by atoms with E-state index >= 15 is 0 Å². The van der Waals surface area contributed by atoms with Gasteiger partial charge in [0, 0.05) is 24.2 Å². The molecule has 7 heteroatoms. The zero-order valence-corrected chi connectivity index (χ0v) is 18.1. The highest BCUT2D eigenvalue weighted by Gasteiger charge is 2.35. The summed E-state index contributed by atoms with van der Waals surface area (Å²) in [5.74, 6) is 0.328. The molecule has 1 N–H and O–H groups in total. The van der Waals surface area contributed by atoms with Crippen LogP contribution in [0.25, 0.3) is 0 Å². The predicted octanol–water partition coefficient (Wildman–Crippen LogP) is 4.39. The fourth-order valence-corrected chi connectivity index (χ4v) is 6.37. The van der Waals surface area contributed by atoms with Crippen LogP contribution >= 0.6 is 0 Å². The Morgan fingerprint density at radius 1 is 1.00 bits per heavy atom. The van der Waals surface area contributed by atoms with E-state index in [1.165, 1.54) is 7.11 Å². The topological polar surface area (TPSA) is 75.7 Å². The molecule has 0 bridgehead atoms. The maximum atomic E-state index is 13.4. The highest BCUT2D eigenvalue weighted by atomic mass is 32.2. The number of benzene rings is 2. The third-order valence-corrected chi connectivity index (χ3v) is 8.05. The lowest BCUT2D eigenvalue weighted by Gasteiger charge is -2.24. The first-order valence-electron chi connectivity index (χ1n) is 10.6. The number of amides is 1. The number of carbonyl (C=O) groups excluding carboxylic acids is 1. The Morgan fingerprint density at radius 3 is 2.30 bits per heavy atom. The monoisotopic (exact) mass is 428 g/mol. The molecule has 2 aromatic carbocycles. The van der Waals surface area contributed by atoms with E-state index in [9.17, 15) is 13.2 Å². The molecular weight excluding hydrogens is 400 g/mol. The first-order valence-corrected chi connectivity index (χ1v) is 12.0. The zero-order valence-electron chi connectivity index (χ0n) is 17.3. The van der Waals surface area contributed by atoms with Crippen molar-refractivity contribution in [1.82, 2.24) is 4.31 Å². The van der Waals surface area contributed by atoms with E-state index in [1.54, 1.807) is 28.6 Å². The smallest absolute Gasteiger partial charge is 0.255 e. The molecule has 1 aliphatic heterocycles. The van der Waals surface area contributed by atoms with Gasteiger partial charge in [0.15, 0.2) is 0 Å². The normalized spacial score (nSPS) is 17.9. The molecule has 6 nitrogen and oxygen atoms in total. The second-order valence-corrected chi connectivity index (χ2v) is 9.88. The van der Waals surface area contributed by atoms with Crippen LogP contribution in [-0.2, 0) is 10.0 Å². The van der Waals surface area contributed by atoms with Crippen LogP contribution in [0.1, 0.15) is 60.4 Å². The van der Waals surface area contributed by atoms with Gasteiger partial charge in [-0.1, -0.05) is 31.0 Å². The minimum Gasteiger partial charge on any atom is -0.494 e. The quantitative estimate of drug-likeness (QED) is 0.740. The van der Waals surface area contributed by atoms with Crippen molar-refractivity contribution < 1.29 is 17.9 Å². The Labute approximate surface area is 178 Å². The van der Waals surface area contributed by atoms with Gasteiger partial charge < -0.3 is 10.1 Å². The van der Waals surface area contributed by atoms with Crippen molar-refractivity contribution in [3.63, 3.8) is 0 Å². The van der Waals surface area contributed by atoms with Crippen molar-refractivity contribution in [2.45, 2.75) is 49.3 Å². The summed E-state index contributed by atoms with van der Waals surface area (Å²) in [6, 6.07) is 12.3. The molecule has 0 atom stereocenters. The average Bonchev–Trinajstić information content (AvgIpc) is 3.48. The van der Waals surface area contributed by atoms with Gasteiger partial charge >= 0.3 is 0 Å². The van der Waals surface area contributed by atoms with Gasteiger partial charge in [-0.25, -0.2) is 8.42 Å². The SMILES string of the molecule is COc1c(NC(=O)c2ccccc2)ccc(S(=O)(=O)N2CCCC2)c1C1CCCC1. The number of nitrogens with one attached hydrogen (secondary N) is 1. The average molecular weight is 429 g/mol. The molecule has 0 unspecified atom stereocenters. The van der Waals surface area contributed by atoms with Crippen molar-refractivity contribution in [3.05, 3.63) is 53.6 Å². The highest BCUT2D eigenvalue weighted by Crippen LogP contribution is 2.46. The summed E-state index contributed by atoms with van der Waals surface area (Å²) >= 11 is 0. The van der Waals surface area contributed by atoms with Crippen LogP contribution in [0.15, 0.2) is 47.4 Å². The second kappa shape index (κ2) is 8.78. The molecule has 4 rings (SSSR count). The molecular formula is C23H28N2O4S. The molecule has 0 aromatic heterocycles. The number of ether oxygens (including phenoxy) is 1. The van der Waals surface area contributed by atoms with E-state index < -0.39 is 10.0 Å². The van der Waals surface area contributed by atoms with Gasteiger partial charge in [0.25, 0.3) is 5.91 Å². The van der Waals surface area contributed by atoms with Crippen LogP contribution in [0.5, 0.6) is 5.75 Å². The van der Waals surface area contributed by atoms with Crippen molar-refractivity contribution in [3.8, 4) is 5.75 Å². The molecule has 1 heterocycles. The Bertz CT molecular complexity index is 1010. The van der Waals surface area contributed by atoms with Crippen molar-refractivity contribution in [2.75, 3.05) is 25.5 Å². The van der Waals surface area contributed by atoms with Gasteiger partial charge in [0.05, 0.1) is 17.7 Å². The molecule has 2 fully saturated rings. The number of anilines is 1. The first-order chi connectivity index (χ1) is 14.5. The lowest BCUT2D eigenvalue weighted by atomic mass is 9.95. The lowest BCUT2D eigenvalue weighted by Crippen LogP contribution is -2.29. The molecule has 0 spiro atoms. The van der Waals surface area contributed by atoms with Crippen LogP contribution in [0.4, 0.5) is 5.69 Å². The maximum absolute atomic E-state index is 13.4. The van der Waals surface area contributed by atoms with Gasteiger partial charge in [-0.05, 0) is 55.9 Å². The van der Waals surface area contributed by atoms with Crippen LogP contribution in [0.3, 0.4) is 0 Å². The summed E-state index contributed by atoms with van der Waals surface area (Å²) in [6.45, 7) is 1.11. The summed E-state index contributed by atoms with van der Waals surface area (Å²) in [5.41, 5.74) is 1.76. The second-order valence-electron chi connectivity index (χ2n) is 7.97. The van der Waals surface area contributed by atoms with Crippen LogP contribution in [-0.4, -0.2) is 38.8 Å². The van der Waals surface area contributed by atoms with Crippen molar-refractivity contribution >= 4 is 21.6 Å². The standard InChI is InChI=1S/C23H28N2O4S/c1-29-22-19(24-23(26)18-11-3-2-4-12-18)13-14-20(21(22)17-9-5-6-10-17)30(27,28)25-15-7-8-16-25/h2-4,11-14,17H,5-10,15-16H2,1H3,(H,24,26). The number of sulfonamides is 1. The molecule has 2 aliphatic rings. The summed E-state index contributed by atoms with van der Waals surface area (Å²) in [5, 5.41) is 2.92. The van der Waals surface area contributed by atoms with Gasteiger partial charge in [0.1, 0.15) is 5.75 Å². The Kier molecular flexibility index (Phi) is 6.11. The molecule has 160 valence electrons. The fourth-order valence-electron chi connectivity index (χ4n) is 4.58. The fraction of sp³-hybridized carbons (Fsp3) is 0.435. The van der Waals surface area contributed by atoms with E-state index in [1.807, 2.05) is 18.2 Å². The number of nitrogens with zero attached hydrogens (tertiary/aromatic N) is 1. The predicted molar refractivity (Wildman–Crippen MR) is 117 cm³/mol. The zero-order chi connectivity index (χ0) is 21.1. The third-order valence-electron chi connectivity index (χ3n) is 6.09. The lowest BCUT2D eigenvalue weighted by molar-refractivity contribution is 0.102. The van der Waals surface area contributed by atoms with Crippen LogP contribution in [0.2, 0.25) is 0 Å². The van der Waals surface area contributed by atoms with Gasteiger partial charge in [-0.3, -0.25) is 4.79 Å². The first kappa shape index (κ1) is 20.9. The van der Waals surface area contributed by atoms with E-state index in [0.717, 1.165) is 38.5 Å². The maximum Gasteiger partial charge on any atom is 0.255 e. The summed E-state index contributed by atoms with van der Waals surface area (Å²) in [4.78, 5) is 13.0. The number of rotatable bonds is 6. The molecule has 30 heavy (non-hydrogen) atoms. The van der Waals surface area contributed by atoms with E-state index in [-0.39, 0.29) is 11.8 Å². The number of hydrogen-bond donors (Lipinski definition) is 1. The minimum atomic E-state index is -3.60. The molecule has 1 saturated heterocycles. The van der Waals surface area contributed by atoms with Gasteiger partial charge in [-0.2, -0.15) is 4.31 Å². The number of methoxy groups -OCH3 is 1. The van der Waals surface area contributed by atoms with Crippen molar-refractivity contribution in [1.29, 1.82) is 0 Å². The van der Waals surface area contributed by atoms with E-state index in [2.05, 4.69) is 5.32 Å². The molecule has 2 aromatic rings.